The fourth-order valence-electron chi connectivity index (χ4n) is 8.10. The van der Waals surface area contributed by atoms with Crippen molar-refractivity contribution in [3.05, 3.63) is 108 Å². The molecule has 4 N–H and O–H groups in total. The van der Waals surface area contributed by atoms with E-state index in [1.54, 1.807) is 0 Å². The normalized spacial score (nSPS) is 24.0. The van der Waals surface area contributed by atoms with Crippen LogP contribution in [-0.4, -0.2) is 28.1 Å². The van der Waals surface area contributed by atoms with Crippen LogP contribution >= 0.6 is 39.1 Å². The summed E-state index contributed by atoms with van der Waals surface area (Å²) in [5.74, 6) is 1.54. The number of nitrogens with one attached hydrogen (secondary N) is 2. The lowest BCUT2D eigenvalue weighted by Crippen LogP contribution is -2.45. The van der Waals surface area contributed by atoms with Gasteiger partial charge in [0.25, 0.3) is 5.89 Å². The van der Waals surface area contributed by atoms with E-state index in [0.717, 1.165) is 49.1 Å². The summed E-state index contributed by atoms with van der Waals surface area (Å²) in [7, 11) is 0. The molecule has 12 heteroatoms. The molecule has 0 fully saturated rings. The summed E-state index contributed by atoms with van der Waals surface area (Å²) < 4.78 is 21.1. The van der Waals surface area contributed by atoms with E-state index in [1.807, 2.05) is 26.0 Å². The van der Waals surface area contributed by atoms with Gasteiger partial charge in [-0.25, -0.2) is 4.98 Å². The number of rotatable bonds is 1. The van der Waals surface area contributed by atoms with Gasteiger partial charge in [-0.1, -0.05) is 73.4 Å². The monoisotopic (exact) mass is 741 g/mol. The summed E-state index contributed by atoms with van der Waals surface area (Å²) in [4.78, 5) is 23.3. The average molecular weight is 743 g/mol. The lowest BCUT2D eigenvalue weighted by atomic mass is 9.72. The van der Waals surface area contributed by atoms with Crippen LogP contribution in [0, 0.1) is 5.92 Å². The number of carbonyl (C=O) groups is 1. The van der Waals surface area contributed by atoms with Gasteiger partial charge in [-0.15, -0.1) is 0 Å². The zero-order valence-corrected chi connectivity index (χ0v) is 28.7. The van der Waals surface area contributed by atoms with E-state index in [0.29, 0.717) is 52.3 Å². The Morgan fingerprint density at radius 3 is 2.75 bits per heavy atom. The molecule has 5 aliphatic heterocycles. The number of amides is 1. The standard InChI is InChI=1S/C36H26BrCl2N5O4/c1-13(2)26-33-43-27-30(48-33)36-18-7-6-15(17-5-3-4-16-11-21(38)25(24(16)17)29-31(39)44-34(27)46-29)12-23(18)41-35(36)47-28-19(36)8-14(9-20(28)37)10-22(40)32(45)42-26/h3-9,12-13,22,26,35,41H,10-11,40H2,1-2H3,(H,42,45)/t22-,26?,35?,36-/m0/s1. The van der Waals surface area contributed by atoms with E-state index in [2.05, 4.69) is 63.0 Å². The molecular formula is C36H26BrCl2N5O4. The molecule has 0 saturated carbocycles. The molecule has 1 amide bonds. The number of oxazole rings is 2. The number of fused-ring (bicyclic) bond motifs is 3. The van der Waals surface area contributed by atoms with Crippen LogP contribution in [0.2, 0.25) is 5.15 Å². The van der Waals surface area contributed by atoms with Crippen LogP contribution in [-0.2, 0) is 23.1 Å². The minimum atomic E-state index is -1.04. The fourth-order valence-corrected chi connectivity index (χ4v) is 9.24. The zero-order valence-electron chi connectivity index (χ0n) is 25.6. The van der Waals surface area contributed by atoms with Crippen molar-refractivity contribution in [3.63, 3.8) is 0 Å². The second-order valence-corrected chi connectivity index (χ2v) is 15.0. The fraction of sp³-hybridized carbons (Fsp3) is 0.250. The van der Waals surface area contributed by atoms with E-state index in [4.69, 9.17) is 52.5 Å². The molecule has 6 aliphatic rings. The molecule has 0 radical (unpaired) electrons. The molecule has 7 heterocycles. The molecule has 2 aromatic heterocycles. The highest BCUT2D eigenvalue weighted by molar-refractivity contribution is 9.10. The highest BCUT2D eigenvalue weighted by Gasteiger charge is 2.62. The highest BCUT2D eigenvalue weighted by Crippen LogP contribution is 2.62. The highest BCUT2D eigenvalue weighted by atomic mass is 79.9. The third-order valence-corrected chi connectivity index (χ3v) is 11.4. The Morgan fingerprint density at radius 1 is 1.06 bits per heavy atom. The first kappa shape index (κ1) is 28.9. The molecule has 3 aromatic carbocycles. The van der Waals surface area contributed by atoms with Crippen LogP contribution in [0.25, 0.3) is 28.3 Å². The van der Waals surface area contributed by atoms with Crippen molar-refractivity contribution in [1.82, 2.24) is 15.3 Å². The van der Waals surface area contributed by atoms with Gasteiger partial charge in [0.2, 0.25) is 11.8 Å². The molecule has 11 rings (SSSR count). The van der Waals surface area contributed by atoms with Gasteiger partial charge in [0.15, 0.2) is 28.6 Å². The first-order valence-electron chi connectivity index (χ1n) is 15.8. The van der Waals surface area contributed by atoms with Crippen molar-refractivity contribution in [2.24, 2.45) is 11.7 Å². The largest absolute Gasteiger partial charge is 0.467 e. The van der Waals surface area contributed by atoms with Gasteiger partial charge >= 0.3 is 0 Å². The summed E-state index contributed by atoms with van der Waals surface area (Å²) in [6.45, 7) is 3.99. The predicted molar refractivity (Wildman–Crippen MR) is 184 cm³/mol. The minimum absolute atomic E-state index is 0.0951. The predicted octanol–water partition coefficient (Wildman–Crippen LogP) is 7.46. The van der Waals surface area contributed by atoms with E-state index >= 15 is 0 Å². The van der Waals surface area contributed by atoms with Gasteiger partial charge in [-0.3, -0.25) is 4.79 Å². The van der Waals surface area contributed by atoms with Gasteiger partial charge in [0.1, 0.15) is 17.2 Å². The van der Waals surface area contributed by atoms with Crippen LogP contribution in [0.3, 0.4) is 0 Å². The van der Waals surface area contributed by atoms with Crippen LogP contribution < -0.4 is 21.1 Å². The molecule has 2 unspecified atom stereocenters. The number of hydrogen-bond donors (Lipinski definition) is 3. The van der Waals surface area contributed by atoms with E-state index in [1.165, 1.54) is 0 Å². The van der Waals surface area contributed by atoms with Gasteiger partial charge in [-0.2, -0.15) is 4.98 Å². The maximum Gasteiger partial charge on any atom is 0.250 e. The third kappa shape index (κ3) is 3.64. The number of halogens is 3. The number of nitrogens with two attached hydrogens (primary N) is 1. The number of ether oxygens (including phenoxy) is 1. The number of nitrogens with zero attached hydrogens (tertiary/aromatic N) is 2. The Balaban J connectivity index is 1.37. The summed E-state index contributed by atoms with van der Waals surface area (Å²) >= 11 is 17.7. The maximum absolute atomic E-state index is 13.5. The Bertz CT molecular complexity index is 2330. The zero-order chi connectivity index (χ0) is 32.8. The number of aromatic nitrogens is 2. The lowest BCUT2D eigenvalue weighted by molar-refractivity contribution is -0.123. The van der Waals surface area contributed by atoms with Crippen LogP contribution in [0.1, 0.15) is 65.1 Å². The van der Waals surface area contributed by atoms with Gasteiger partial charge in [-0.05, 0) is 73.8 Å². The Labute approximate surface area is 293 Å². The van der Waals surface area contributed by atoms with Crippen molar-refractivity contribution < 1.29 is 18.4 Å². The first-order valence-corrected chi connectivity index (χ1v) is 17.3. The molecule has 1 spiro atoms. The molecule has 1 aliphatic carbocycles. The van der Waals surface area contributed by atoms with Crippen molar-refractivity contribution in [1.29, 1.82) is 0 Å². The average Bonchev–Trinajstić information content (AvgIpc) is 3.84. The Hall–Kier alpha value is -4.09. The van der Waals surface area contributed by atoms with Crippen molar-refractivity contribution in [2.45, 2.75) is 50.4 Å². The third-order valence-electron chi connectivity index (χ3n) is 10.3. The van der Waals surface area contributed by atoms with E-state index < -0.39 is 23.7 Å². The van der Waals surface area contributed by atoms with Crippen LogP contribution in [0.15, 0.2) is 66.9 Å². The number of anilines is 1. The first-order chi connectivity index (χ1) is 23.1. The molecule has 9 nitrogen and oxygen atoms in total. The molecule has 0 saturated heterocycles. The van der Waals surface area contributed by atoms with Crippen molar-refractivity contribution in [3.8, 4) is 28.5 Å². The minimum Gasteiger partial charge on any atom is -0.467 e. The lowest BCUT2D eigenvalue weighted by Gasteiger charge is -2.28. The second-order valence-electron chi connectivity index (χ2n) is 13.4. The smallest absolute Gasteiger partial charge is 0.250 e. The second kappa shape index (κ2) is 9.75. The van der Waals surface area contributed by atoms with Crippen molar-refractivity contribution >= 4 is 56.3 Å². The molecular weight excluding hydrogens is 717 g/mol. The van der Waals surface area contributed by atoms with Gasteiger partial charge in [0, 0.05) is 28.3 Å². The van der Waals surface area contributed by atoms with E-state index in [9.17, 15) is 4.79 Å². The molecule has 5 aromatic rings. The maximum atomic E-state index is 13.5. The number of hydrogen-bond acceptors (Lipinski definition) is 8. The molecule has 10 bridgehead atoms. The number of allylic oxidation sites excluding steroid dienone is 1. The topological polar surface area (TPSA) is 128 Å². The summed E-state index contributed by atoms with van der Waals surface area (Å²) in [5, 5.41) is 7.57. The summed E-state index contributed by atoms with van der Waals surface area (Å²) in [6.07, 6.45) is 0.238. The summed E-state index contributed by atoms with van der Waals surface area (Å²) in [5.41, 5.74) is 14.1. The summed E-state index contributed by atoms with van der Waals surface area (Å²) in [6, 6.07) is 15.2. The van der Waals surface area contributed by atoms with E-state index in [-0.39, 0.29) is 22.9 Å². The van der Waals surface area contributed by atoms with Gasteiger partial charge < -0.3 is 29.9 Å². The number of benzene rings is 3. The SMILES string of the molecule is CC(C)C1NC(=O)[C@@H](N)Cc2cc(Br)c3c(c2)[C@]24c5ccc(cc5NC2O3)-c2cccc3c2C(=C(Cl)C3)c2oc(nc2Cl)-c2nc1oc24. The van der Waals surface area contributed by atoms with Crippen LogP contribution in [0.5, 0.6) is 5.75 Å². The molecule has 240 valence electrons. The quantitative estimate of drug-likeness (QED) is 0.162. The Kier molecular flexibility index (Phi) is 5.87. The molecule has 4 atom stereocenters. The van der Waals surface area contributed by atoms with Crippen molar-refractivity contribution in [2.75, 3.05) is 5.32 Å². The van der Waals surface area contributed by atoms with Crippen LogP contribution in [0.4, 0.5) is 5.69 Å². The number of carbonyl (C=O) groups excluding carboxylic acids is 1. The molecule has 48 heavy (non-hydrogen) atoms. The van der Waals surface area contributed by atoms with Gasteiger partial charge in [0.05, 0.1) is 10.5 Å². The Morgan fingerprint density at radius 2 is 1.92 bits per heavy atom.